The van der Waals surface area contributed by atoms with Crippen LogP contribution in [0, 0.1) is 0 Å². The number of fused-ring (bicyclic) bond motifs is 1. The monoisotopic (exact) mass is 233 g/mol. The third-order valence-electron chi connectivity index (χ3n) is 3.70. The topological polar surface area (TPSA) is 32.3 Å². The lowest BCUT2D eigenvalue weighted by atomic mass is 9.86. The maximum absolute atomic E-state index is 10.2. The lowest BCUT2D eigenvalue weighted by Gasteiger charge is -2.30. The van der Waals surface area contributed by atoms with Gasteiger partial charge in [0, 0.05) is 0 Å². The molecule has 0 spiro atoms. The molecule has 0 aromatic heterocycles. The summed E-state index contributed by atoms with van der Waals surface area (Å²) in [6.45, 7) is 3.71. The third-order valence-corrected chi connectivity index (χ3v) is 3.70. The molecule has 0 amide bonds. The van der Waals surface area contributed by atoms with Gasteiger partial charge in [0.05, 0.1) is 11.6 Å². The molecule has 1 aliphatic carbocycles. The second-order valence-corrected chi connectivity index (χ2v) is 5.61. The van der Waals surface area contributed by atoms with Crippen LogP contribution in [0.2, 0.25) is 0 Å². The van der Waals surface area contributed by atoms with Gasteiger partial charge in [0.2, 0.25) is 0 Å². The number of benzene rings is 1. The van der Waals surface area contributed by atoms with Crippen molar-refractivity contribution in [2.24, 2.45) is 0 Å². The third kappa shape index (κ3) is 2.70. The highest BCUT2D eigenvalue weighted by Crippen LogP contribution is 2.29. The highest BCUT2D eigenvalue weighted by molar-refractivity contribution is 5.36. The lowest BCUT2D eigenvalue weighted by molar-refractivity contribution is 0.0400. The molecule has 2 rings (SSSR count). The van der Waals surface area contributed by atoms with Crippen molar-refractivity contribution in [3.05, 3.63) is 34.9 Å². The normalized spacial score (nSPS) is 17.6. The average Bonchev–Trinajstić information content (AvgIpc) is 2.28. The molecule has 1 aliphatic rings. The van der Waals surface area contributed by atoms with Crippen LogP contribution in [0.4, 0.5) is 0 Å². The van der Waals surface area contributed by atoms with Gasteiger partial charge in [-0.3, -0.25) is 0 Å². The molecule has 0 radical (unpaired) electrons. The number of likely N-dealkylation sites (N-methyl/N-ethyl adjacent to an activating group) is 1. The van der Waals surface area contributed by atoms with Gasteiger partial charge in [-0.2, -0.15) is 0 Å². The van der Waals surface area contributed by atoms with E-state index in [9.17, 15) is 5.11 Å². The first-order valence-electron chi connectivity index (χ1n) is 6.53. The fraction of sp³-hybridized carbons (Fsp3) is 0.600. The zero-order valence-corrected chi connectivity index (χ0v) is 11.1. The minimum atomic E-state index is -0.738. The summed E-state index contributed by atoms with van der Waals surface area (Å²) in [5.41, 5.74) is 3.42. The molecule has 2 heteroatoms. The standard InChI is InChI=1S/C15H23NO/c1-15(2,17)14(16-3)13-9-8-11-6-4-5-7-12(11)10-13/h8-10,14,16-17H,4-7H2,1-3H3. The Morgan fingerprint density at radius 2 is 1.82 bits per heavy atom. The summed E-state index contributed by atoms with van der Waals surface area (Å²) in [5, 5.41) is 13.4. The Morgan fingerprint density at radius 1 is 1.18 bits per heavy atom. The van der Waals surface area contributed by atoms with Crippen LogP contribution in [0.5, 0.6) is 0 Å². The molecular weight excluding hydrogens is 210 g/mol. The summed E-state index contributed by atoms with van der Waals surface area (Å²) < 4.78 is 0. The molecule has 17 heavy (non-hydrogen) atoms. The second kappa shape index (κ2) is 4.79. The van der Waals surface area contributed by atoms with E-state index in [1.807, 2.05) is 20.9 Å². The molecule has 1 unspecified atom stereocenters. The minimum Gasteiger partial charge on any atom is -0.388 e. The summed E-state index contributed by atoms with van der Waals surface area (Å²) in [5.74, 6) is 0. The van der Waals surface area contributed by atoms with E-state index in [0.29, 0.717) is 0 Å². The zero-order chi connectivity index (χ0) is 12.5. The average molecular weight is 233 g/mol. The Bertz CT molecular complexity index is 392. The van der Waals surface area contributed by atoms with E-state index in [1.54, 1.807) is 0 Å². The van der Waals surface area contributed by atoms with Crippen molar-refractivity contribution in [1.29, 1.82) is 0 Å². The van der Waals surface area contributed by atoms with Crippen LogP contribution in [0.25, 0.3) is 0 Å². The largest absolute Gasteiger partial charge is 0.388 e. The van der Waals surface area contributed by atoms with Crippen LogP contribution in [0.3, 0.4) is 0 Å². The van der Waals surface area contributed by atoms with E-state index in [2.05, 4.69) is 23.5 Å². The van der Waals surface area contributed by atoms with Gasteiger partial charge in [0.1, 0.15) is 0 Å². The predicted octanol–water partition coefficient (Wildman–Crippen LogP) is 2.60. The van der Waals surface area contributed by atoms with Gasteiger partial charge in [-0.25, -0.2) is 0 Å². The maximum atomic E-state index is 10.2. The second-order valence-electron chi connectivity index (χ2n) is 5.61. The molecule has 0 saturated heterocycles. The van der Waals surface area contributed by atoms with E-state index in [1.165, 1.54) is 42.4 Å². The first kappa shape index (κ1) is 12.6. The van der Waals surface area contributed by atoms with Gasteiger partial charge in [-0.05, 0) is 63.3 Å². The Hall–Kier alpha value is -0.860. The van der Waals surface area contributed by atoms with Crippen LogP contribution < -0.4 is 5.32 Å². The van der Waals surface area contributed by atoms with E-state index in [0.717, 1.165) is 0 Å². The van der Waals surface area contributed by atoms with Crippen LogP contribution in [0.1, 0.15) is 49.4 Å². The highest BCUT2D eigenvalue weighted by atomic mass is 16.3. The van der Waals surface area contributed by atoms with E-state index in [4.69, 9.17) is 0 Å². The Balaban J connectivity index is 2.32. The summed E-state index contributed by atoms with van der Waals surface area (Å²) in [7, 11) is 1.90. The van der Waals surface area contributed by atoms with Gasteiger partial charge in [-0.1, -0.05) is 18.2 Å². The summed E-state index contributed by atoms with van der Waals surface area (Å²) in [4.78, 5) is 0. The number of hydrogen-bond donors (Lipinski definition) is 2. The smallest absolute Gasteiger partial charge is 0.0785 e. The van der Waals surface area contributed by atoms with Crippen molar-refractivity contribution in [3.8, 4) is 0 Å². The van der Waals surface area contributed by atoms with E-state index < -0.39 is 5.60 Å². The van der Waals surface area contributed by atoms with Crippen molar-refractivity contribution in [3.63, 3.8) is 0 Å². The summed E-state index contributed by atoms with van der Waals surface area (Å²) in [6, 6.07) is 6.66. The molecule has 2 N–H and O–H groups in total. The minimum absolute atomic E-state index is 0.00488. The molecule has 94 valence electrons. The first-order valence-corrected chi connectivity index (χ1v) is 6.53. The number of hydrogen-bond acceptors (Lipinski definition) is 2. The van der Waals surface area contributed by atoms with Crippen LogP contribution in [-0.2, 0) is 12.8 Å². The summed E-state index contributed by atoms with van der Waals surface area (Å²) >= 11 is 0. The van der Waals surface area contributed by atoms with E-state index >= 15 is 0 Å². The molecule has 0 bridgehead atoms. The maximum Gasteiger partial charge on any atom is 0.0785 e. The van der Waals surface area contributed by atoms with E-state index in [-0.39, 0.29) is 6.04 Å². The van der Waals surface area contributed by atoms with Crippen LogP contribution >= 0.6 is 0 Å². The molecule has 2 nitrogen and oxygen atoms in total. The summed E-state index contributed by atoms with van der Waals surface area (Å²) in [6.07, 6.45) is 5.00. The first-order chi connectivity index (χ1) is 8.02. The quantitative estimate of drug-likeness (QED) is 0.841. The van der Waals surface area contributed by atoms with Gasteiger partial charge in [-0.15, -0.1) is 0 Å². The Kier molecular flexibility index (Phi) is 3.55. The SMILES string of the molecule is CNC(c1ccc2c(c1)CCCC2)C(C)(C)O. The van der Waals surface area contributed by atoms with Crippen molar-refractivity contribution in [2.75, 3.05) is 7.05 Å². The lowest BCUT2D eigenvalue weighted by Crippen LogP contribution is -2.37. The molecule has 0 heterocycles. The van der Waals surface area contributed by atoms with Gasteiger partial charge >= 0.3 is 0 Å². The highest BCUT2D eigenvalue weighted by Gasteiger charge is 2.27. The zero-order valence-electron chi connectivity index (χ0n) is 11.1. The van der Waals surface area contributed by atoms with Crippen molar-refractivity contribution < 1.29 is 5.11 Å². The fourth-order valence-electron chi connectivity index (χ4n) is 2.86. The van der Waals surface area contributed by atoms with Gasteiger partial charge in [0.25, 0.3) is 0 Å². The molecule has 1 aromatic rings. The molecule has 0 aliphatic heterocycles. The molecule has 0 fully saturated rings. The predicted molar refractivity (Wildman–Crippen MR) is 71.2 cm³/mol. The number of rotatable bonds is 3. The Labute approximate surface area is 104 Å². The van der Waals surface area contributed by atoms with Gasteiger partial charge in [0.15, 0.2) is 0 Å². The van der Waals surface area contributed by atoms with Crippen molar-refractivity contribution in [2.45, 2.75) is 51.2 Å². The fourth-order valence-corrected chi connectivity index (χ4v) is 2.86. The van der Waals surface area contributed by atoms with Crippen LogP contribution in [0.15, 0.2) is 18.2 Å². The van der Waals surface area contributed by atoms with Crippen molar-refractivity contribution >= 4 is 0 Å². The number of nitrogens with one attached hydrogen (secondary N) is 1. The molecule has 0 saturated carbocycles. The van der Waals surface area contributed by atoms with Crippen LogP contribution in [-0.4, -0.2) is 17.8 Å². The van der Waals surface area contributed by atoms with Gasteiger partial charge < -0.3 is 10.4 Å². The number of aliphatic hydroxyl groups is 1. The number of aryl methyl sites for hydroxylation is 2. The molecule has 1 aromatic carbocycles. The van der Waals surface area contributed by atoms with Crippen molar-refractivity contribution in [1.82, 2.24) is 5.32 Å². The Morgan fingerprint density at radius 3 is 2.41 bits per heavy atom. The molecule has 1 atom stereocenters. The molecular formula is C15H23NO.